The lowest BCUT2D eigenvalue weighted by Gasteiger charge is -2.06. The molecular weight excluding hydrogens is 420 g/mol. The van der Waals surface area contributed by atoms with Crippen LogP contribution in [-0.2, 0) is 4.79 Å². The summed E-state index contributed by atoms with van der Waals surface area (Å²) in [4.78, 5) is 26.9. The third kappa shape index (κ3) is 4.44. The molecule has 26 heavy (non-hydrogen) atoms. The minimum Gasteiger partial charge on any atom is -0.371 e. The SMILES string of the molecule is O=C(CNc1ccccc1[N+](=O)[O-])Nc1nc(-c2ccc(Br)cc2)cs1. The monoisotopic (exact) mass is 432 g/mol. The van der Waals surface area contributed by atoms with Crippen LogP contribution in [0.3, 0.4) is 0 Å². The fourth-order valence-corrected chi connectivity index (χ4v) is 3.21. The van der Waals surface area contributed by atoms with E-state index in [4.69, 9.17) is 0 Å². The number of carbonyl (C=O) groups is 1. The van der Waals surface area contributed by atoms with Crippen molar-refractivity contribution in [3.05, 3.63) is 68.5 Å². The Hall–Kier alpha value is -2.78. The number of amides is 1. The molecule has 0 bridgehead atoms. The third-order valence-electron chi connectivity index (χ3n) is 3.43. The average Bonchev–Trinajstić information content (AvgIpc) is 3.09. The zero-order valence-corrected chi connectivity index (χ0v) is 15.7. The van der Waals surface area contributed by atoms with E-state index >= 15 is 0 Å². The molecule has 9 heteroatoms. The van der Waals surface area contributed by atoms with Crippen molar-refractivity contribution in [3.8, 4) is 11.3 Å². The van der Waals surface area contributed by atoms with Crippen molar-refractivity contribution in [2.75, 3.05) is 17.2 Å². The van der Waals surface area contributed by atoms with Gasteiger partial charge in [-0.2, -0.15) is 0 Å². The molecule has 0 aliphatic carbocycles. The van der Waals surface area contributed by atoms with Gasteiger partial charge in [-0.15, -0.1) is 11.3 Å². The minimum absolute atomic E-state index is 0.0768. The van der Waals surface area contributed by atoms with E-state index in [1.807, 2.05) is 29.6 Å². The first kappa shape index (κ1) is 18.0. The van der Waals surface area contributed by atoms with Gasteiger partial charge in [-0.05, 0) is 18.2 Å². The molecule has 2 N–H and O–H groups in total. The number of aromatic nitrogens is 1. The highest BCUT2D eigenvalue weighted by Gasteiger charge is 2.13. The van der Waals surface area contributed by atoms with Gasteiger partial charge in [-0.25, -0.2) is 4.98 Å². The fraction of sp³-hybridized carbons (Fsp3) is 0.0588. The average molecular weight is 433 g/mol. The molecule has 0 radical (unpaired) electrons. The summed E-state index contributed by atoms with van der Waals surface area (Å²) in [6.07, 6.45) is 0. The summed E-state index contributed by atoms with van der Waals surface area (Å²) in [5.74, 6) is -0.333. The molecule has 0 atom stereocenters. The predicted octanol–water partition coefficient (Wildman–Crippen LogP) is 4.53. The lowest BCUT2D eigenvalue weighted by Crippen LogP contribution is -2.22. The summed E-state index contributed by atoms with van der Waals surface area (Å²) in [6.45, 7) is -0.0992. The van der Waals surface area contributed by atoms with Crippen LogP contribution in [0.4, 0.5) is 16.5 Å². The summed E-state index contributed by atoms with van der Waals surface area (Å²) in [5.41, 5.74) is 1.93. The van der Waals surface area contributed by atoms with Crippen molar-refractivity contribution in [2.24, 2.45) is 0 Å². The van der Waals surface area contributed by atoms with Crippen molar-refractivity contribution >= 4 is 49.7 Å². The van der Waals surface area contributed by atoms with Crippen LogP contribution in [0.5, 0.6) is 0 Å². The van der Waals surface area contributed by atoms with E-state index < -0.39 is 4.92 Å². The van der Waals surface area contributed by atoms with E-state index in [9.17, 15) is 14.9 Å². The molecule has 0 fully saturated rings. The number of thiazole rings is 1. The van der Waals surface area contributed by atoms with Crippen molar-refractivity contribution < 1.29 is 9.72 Å². The van der Waals surface area contributed by atoms with Gasteiger partial charge < -0.3 is 10.6 Å². The van der Waals surface area contributed by atoms with Crippen molar-refractivity contribution in [1.29, 1.82) is 0 Å². The maximum absolute atomic E-state index is 12.1. The maximum Gasteiger partial charge on any atom is 0.292 e. The molecule has 132 valence electrons. The van der Waals surface area contributed by atoms with Crippen LogP contribution >= 0.6 is 27.3 Å². The number of benzene rings is 2. The molecular formula is C17H13BrN4O3S. The number of nitro benzene ring substituents is 1. The molecule has 3 rings (SSSR count). The van der Waals surface area contributed by atoms with E-state index in [0.29, 0.717) is 10.8 Å². The van der Waals surface area contributed by atoms with Gasteiger partial charge in [-0.1, -0.05) is 40.2 Å². The van der Waals surface area contributed by atoms with Crippen molar-refractivity contribution in [2.45, 2.75) is 0 Å². The first-order valence-electron chi connectivity index (χ1n) is 7.51. The second-order valence-electron chi connectivity index (χ2n) is 5.22. The smallest absolute Gasteiger partial charge is 0.292 e. The number of anilines is 2. The second kappa shape index (κ2) is 8.07. The quantitative estimate of drug-likeness (QED) is 0.440. The van der Waals surface area contributed by atoms with Crippen LogP contribution in [0.2, 0.25) is 0 Å². The van der Waals surface area contributed by atoms with Crippen LogP contribution in [-0.4, -0.2) is 22.4 Å². The summed E-state index contributed by atoms with van der Waals surface area (Å²) in [5, 5.41) is 18.8. The first-order chi connectivity index (χ1) is 12.5. The maximum atomic E-state index is 12.1. The van der Waals surface area contributed by atoms with Crippen LogP contribution in [0, 0.1) is 10.1 Å². The van der Waals surface area contributed by atoms with Gasteiger partial charge in [0, 0.05) is 21.5 Å². The summed E-state index contributed by atoms with van der Waals surface area (Å²) >= 11 is 4.70. The highest BCUT2D eigenvalue weighted by Crippen LogP contribution is 2.26. The minimum atomic E-state index is -0.494. The molecule has 0 aliphatic heterocycles. The molecule has 0 aliphatic rings. The normalized spacial score (nSPS) is 10.3. The number of nitrogens with one attached hydrogen (secondary N) is 2. The van der Waals surface area contributed by atoms with Crippen LogP contribution < -0.4 is 10.6 Å². The van der Waals surface area contributed by atoms with Crippen LogP contribution in [0.15, 0.2) is 58.4 Å². The summed E-state index contributed by atoms with van der Waals surface area (Å²) in [7, 11) is 0. The van der Waals surface area contributed by atoms with E-state index in [2.05, 4.69) is 31.5 Å². The van der Waals surface area contributed by atoms with Crippen molar-refractivity contribution in [3.63, 3.8) is 0 Å². The van der Waals surface area contributed by atoms with Gasteiger partial charge in [0.1, 0.15) is 5.69 Å². The third-order valence-corrected chi connectivity index (χ3v) is 4.72. The molecule has 3 aromatic rings. The van der Waals surface area contributed by atoms with E-state index in [0.717, 1.165) is 15.7 Å². The van der Waals surface area contributed by atoms with E-state index in [-0.39, 0.29) is 18.1 Å². The number of para-hydroxylation sites is 2. The number of halogens is 1. The lowest BCUT2D eigenvalue weighted by molar-refractivity contribution is -0.383. The molecule has 7 nitrogen and oxygen atoms in total. The Morgan fingerprint density at radius 3 is 2.65 bits per heavy atom. The van der Waals surface area contributed by atoms with Gasteiger partial charge in [0.05, 0.1) is 17.2 Å². The number of hydrogen-bond acceptors (Lipinski definition) is 6. The summed E-state index contributed by atoms with van der Waals surface area (Å²) < 4.78 is 0.978. The number of nitrogens with zero attached hydrogens (tertiary/aromatic N) is 2. The Bertz CT molecular complexity index is 943. The lowest BCUT2D eigenvalue weighted by atomic mass is 10.2. The van der Waals surface area contributed by atoms with Crippen molar-refractivity contribution in [1.82, 2.24) is 4.98 Å². The van der Waals surface area contributed by atoms with E-state index in [1.54, 1.807) is 18.2 Å². The molecule has 1 heterocycles. The highest BCUT2D eigenvalue weighted by molar-refractivity contribution is 9.10. The number of carbonyl (C=O) groups excluding carboxylic acids is 1. The van der Waals surface area contributed by atoms with Gasteiger partial charge in [0.15, 0.2) is 5.13 Å². The predicted molar refractivity (Wildman–Crippen MR) is 105 cm³/mol. The second-order valence-corrected chi connectivity index (χ2v) is 6.99. The molecule has 1 aromatic heterocycles. The number of rotatable bonds is 6. The Labute approximate surface area is 161 Å². The number of nitro groups is 1. The van der Waals surface area contributed by atoms with Gasteiger partial charge >= 0.3 is 0 Å². The van der Waals surface area contributed by atoms with Crippen LogP contribution in [0.1, 0.15) is 0 Å². The number of hydrogen-bond donors (Lipinski definition) is 2. The molecule has 0 saturated carbocycles. The topological polar surface area (TPSA) is 97.2 Å². The Kier molecular flexibility index (Phi) is 5.59. The highest BCUT2D eigenvalue weighted by atomic mass is 79.9. The molecule has 0 saturated heterocycles. The Balaban J connectivity index is 1.61. The molecule has 0 unspecified atom stereocenters. The van der Waals surface area contributed by atoms with Gasteiger partial charge in [0.2, 0.25) is 5.91 Å². The fourth-order valence-electron chi connectivity index (χ4n) is 2.21. The summed E-state index contributed by atoms with van der Waals surface area (Å²) in [6, 6.07) is 13.9. The standard InChI is InChI=1S/C17H13BrN4O3S/c18-12-7-5-11(6-8-12)14-10-26-17(20-14)21-16(23)9-19-13-3-1-2-4-15(13)22(24)25/h1-8,10,19H,9H2,(H,20,21,23). The molecule has 2 aromatic carbocycles. The zero-order chi connectivity index (χ0) is 18.5. The first-order valence-corrected chi connectivity index (χ1v) is 9.19. The van der Waals surface area contributed by atoms with Gasteiger partial charge in [-0.3, -0.25) is 14.9 Å². The Morgan fingerprint density at radius 1 is 1.19 bits per heavy atom. The van der Waals surface area contributed by atoms with E-state index in [1.165, 1.54) is 17.4 Å². The Morgan fingerprint density at radius 2 is 1.92 bits per heavy atom. The molecule has 0 spiro atoms. The molecule has 1 amide bonds. The zero-order valence-electron chi connectivity index (χ0n) is 13.3. The van der Waals surface area contributed by atoms with Gasteiger partial charge in [0.25, 0.3) is 5.69 Å². The van der Waals surface area contributed by atoms with Crippen LogP contribution in [0.25, 0.3) is 11.3 Å². The largest absolute Gasteiger partial charge is 0.371 e.